The Kier molecular flexibility index (Phi) is 5.59. The van der Waals surface area contributed by atoms with E-state index in [1.54, 1.807) is 23.9 Å². The van der Waals surface area contributed by atoms with Gasteiger partial charge in [0, 0.05) is 51.1 Å². The van der Waals surface area contributed by atoms with Gasteiger partial charge in [-0.3, -0.25) is 14.4 Å². The SMILES string of the molecule is CN(C)C(=O)c1cc2ccc(C3=CCCN(C=O)C3)cc2[nH]1.O=C1CCN1. The molecular weight excluding hydrogens is 344 g/mol. The number of benzene rings is 1. The van der Waals surface area contributed by atoms with Gasteiger partial charge in [0.2, 0.25) is 12.3 Å². The molecule has 3 amide bonds. The third-order valence-electron chi connectivity index (χ3n) is 4.63. The van der Waals surface area contributed by atoms with Crippen molar-refractivity contribution in [3.8, 4) is 0 Å². The summed E-state index contributed by atoms with van der Waals surface area (Å²) in [6, 6.07) is 7.96. The molecule has 1 aromatic heterocycles. The smallest absolute Gasteiger partial charge is 0.269 e. The molecule has 2 N–H and O–H groups in total. The zero-order chi connectivity index (χ0) is 19.4. The maximum absolute atomic E-state index is 12.0. The molecule has 0 saturated carbocycles. The second kappa shape index (κ2) is 8.07. The zero-order valence-corrected chi connectivity index (χ0v) is 15.6. The van der Waals surface area contributed by atoms with Gasteiger partial charge in [0.1, 0.15) is 5.69 Å². The zero-order valence-electron chi connectivity index (χ0n) is 15.6. The normalized spacial score (nSPS) is 15.9. The minimum Gasteiger partial charge on any atom is -0.356 e. The summed E-state index contributed by atoms with van der Waals surface area (Å²) < 4.78 is 0. The van der Waals surface area contributed by atoms with Gasteiger partial charge in [-0.2, -0.15) is 0 Å². The molecule has 3 heterocycles. The minimum absolute atomic E-state index is 0.0400. The molecule has 142 valence electrons. The van der Waals surface area contributed by atoms with Crippen molar-refractivity contribution in [2.45, 2.75) is 12.8 Å². The molecule has 0 spiro atoms. The van der Waals surface area contributed by atoms with Crippen LogP contribution in [-0.4, -0.2) is 66.7 Å². The summed E-state index contributed by atoms with van der Waals surface area (Å²) in [5.41, 5.74) is 3.76. The number of H-pyrrole nitrogens is 1. The van der Waals surface area contributed by atoms with Crippen LogP contribution in [0, 0.1) is 0 Å². The topological polar surface area (TPSA) is 85.5 Å². The molecular formula is C20H24N4O3. The third kappa shape index (κ3) is 4.36. The monoisotopic (exact) mass is 368 g/mol. The van der Waals surface area contributed by atoms with Gasteiger partial charge >= 0.3 is 0 Å². The fraction of sp³-hybridized carbons (Fsp3) is 0.350. The van der Waals surface area contributed by atoms with Crippen LogP contribution in [0.2, 0.25) is 0 Å². The minimum atomic E-state index is -0.0400. The molecule has 0 unspecified atom stereocenters. The lowest BCUT2D eigenvalue weighted by Gasteiger charge is -2.23. The van der Waals surface area contributed by atoms with Gasteiger partial charge in [-0.25, -0.2) is 0 Å². The molecule has 4 rings (SSSR count). The van der Waals surface area contributed by atoms with E-state index in [9.17, 15) is 14.4 Å². The summed E-state index contributed by atoms with van der Waals surface area (Å²) in [5.74, 6) is 0.145. The third-order valence-corrected chi connectivity index (χ3v) is 4.63. The summed E-state index contributed by atoms with van der Waals surface area (Å²) in [4.78, 5) is 39.3. The lowest BCUT2D eigenvalue weighted by Crippen LogP contribution is -2.37. The van der Waals surface area contributed by atoms with Crippen molar-refractivity contribution in [1.29, 1.82) is 0 Å². The van der Waals surface area contributed by atoms with Crippen LogP contribution in [0.15, 0.2) is 30.3 Å². The number of nitrogens with zero attached hydrogens (tertiary/aromatic N) is 2. The van der Waals surface area contributed by atoms with Crippen LogP contribution >= 0.6 is 0 Å². The molecule has 0 aliphatic carbocycles. The highest BCUT2D eigenvalue weighted by molar-refractivity contribution is 5.98. The highest BCUT2D eigenvalue weighted by Gasteiger charge is 2.15. The number of aromatic amines is 1. The summed E-state index contributed by atoms with van der Waals surface area (Å²) in [5, 5.41) is 3.58. The van der Waals surface area contributed by atoms with E-state index < -0.39 is 0 Å². The predicted octanol–water partition coefficient (Wildman–Crippen LogP) is 1.62. The van der Waals surface area contributed by atoms with Crippen LogP contribution in [0.1, 0.15) is 28.9 Å². The number of amides is 3. The molecule has 7 heteroatoms. The van der Waals surface area contributed by atoms with E-state index in [-0.39, 0.29) is 11.8 Å². The van der Waals surface area contributed by atoms with E-state index in [1.165, 1.54) is 0 Å². The van der Waals surface area contributed by atoms with Gasteiger partial charge in [-0.1, -0.05) is 18.2 Å². The van der Waals surface area contributed by atoms with Gasteiger partial charge in [-0.05, 0) is 29.7 Å². The van der Waals surface area contributed by atoms with Crippen LogP contribution in [0.25, 0.3) is 16.5 Å². The fourth-order valence-corrected chi connectivity index (χ4v) is 2.98. The lowest BCUT2D eigenvalue weighted by molar-refractivity contribution is -0.125. The standard InChI is InChI=1S/C17H19N3O2.C3H5NO/c1-19(2)17(22)16-9-13-6-5-12(8-15(13)18-16)14-4-3-7-20(10-14)11-21;5-3-1-2-4-3/h4-6,8-9,11,18H,3,7,10H2,1-2H3;1-2H2,(H,4,5). The second-order valence-corrected chi connectivity index (χ2v) is 6.88. The number of rotatable bonds is 3. The number of fused-ring (bicyclic) bond motifs is 1. The van der Waals surface area contributed by atoms with Crippen molar-refractivity contribution in [2.75, 3.05) is 33.7 Å². The molecule has 1 aromatic carbocycles. The van der Waals surface area contributed by atoms with Gasteiger partial charge in [0.25, 0.3) is 5.91 Å². The Bertz CT molecular complexity index is 892. The van der Waals surface area contributed by atoms with E-state index in [0.717, 1.165) is 54.4 Å². The first-order valence-electron chi connectivity index (χ1n) is 8.98. The summed E-state index contributed by atoms with van der Waals surface area (Å²) >= 11 is 0. The highest BCUT2D eigenvalue weighted by atomic mass is 16.2. The van der Waals surface area contributed by atoms with Gasteiger partial charge in [0.05, 0.1) is 0 Å². The number of hydrogen-bond donors (Lipinski definition) is 2. The van der Waals surface area contributed by atoms with E-state index in [2.05, 4.69) is 16.4 Å². The Morgan fingerprint density at radius 2 is 2.00 bits per heavy atom. The number of aromatic nitrogens is 1. The summed E-state index contributed by atoms with van der Waals surface area (Å²) in [7, 11) is 3.47. The molecule has 7 nitrogen and oxygen atoms in total. The second-order valence-electron chi connectivity index (χ2n) is 6.88. The molecule has 0 atom stereocenters. The Hall–Kier alpha value is -3.09. The largest absolute Gasteiger partial charge is 0.356 e. The van der Waals surface area contributed by atoms with Crippen LogP contribution in [0.5, 0.6) is 0 Å². The molecule has 27 heavy (non-hydrogen) atoms. The Morgan fingerprint density at radius 1 is 1.26 bits per heavy atom. The van der Waals surface area contributed by atoms with Crippen molar-refractivity contribution in [3.05, 3.63) is 41.6 Å². The first-order valence-corrected chi connectivity index (χ1v) is 8.98. The number of carbonyl (C=O) groups excluding carboxylic acids is 3. The molecule has 1 saturated heterocycles. The maximum atomic E-state index is 12.0. The van der Waals surface area contributed by atoms with Crippen LogP contribution in [0.4, 0.5) is 0 Å². The van der Waals surface area contributed by atoms with Crippen molar-refractivity contribution in [2.24, 2.45) is 0 Å². The quantitative estimate of drug-likeness (QED) is 0.638. The average Bonchev–Trinajstić information content (AvgIpc) is 3.09. The molecule has 2 aliphatic rings. The van der Waals surface area contributed by atoms with Crippen molar-refractivity contribution in [1.82, 2.24) is 20.1 Å². The van der Waals surface area contributed by atoms with E-state index in [0.29, 0.717) is 12.2 Å². The van der Waals surface area contributed by atoms with E-state index in [1.807, 2.05) is 24.3 Å². The molecule has 1 fully saturated rings. The molecule has 2 aromatic rings. The fourth-order valence-electron chi connectivity index (χ4n) is 2.98. The van der Waals surface area contributed by atoms with Crippen molar-refractivity contribution >= 4 is 34.7 Å². The van der Waals surface area contributed by atoms with Gasteiger partial charge < -0.3 is 20.1 Å². The lowest BCUT2D eigenvalue weighted by atomic mass is 10.0. The van der Waals surface area contributed by atoms with Crippen molar-refractivity contribution in [3.63, 3.8) is 0 Å². The highest BCUT2D eigenvalue weighted by Crippen LogP contribution is 2.25. The Balaban J connectivity index is 0.000000364. The Labute approximate surface area is 158 Å². The molecule has 0 radical (unpaired) electrons. The molecule has 2 aliphatic heterocycles. The van der Waals surface area contributed by atoms with Crippen molar-refractivity contribution < 1.29 is 14.4 Å². The number of β-lactam (4-membered cyclic amide) rings is 1. The van der Waals surface area contributed by atoms with Crippen LogP contribution < -0.4 is 5.32 Å². The number of nitrogens with one attached hydrogen (secondary N) is 2. The Morgan fingerprint density at radius 3 is 2.59 bits per heavy atom. The van der Waals surface area contributed by atoms with E-state index >= 15 is 0 Å². The van der Waals surface area contributed by atoms with Crippen LogP contribution in [-0.2, 0) is 9.59 Å². The first kappa shape index (κ1) is 18.7. The molecule has 0 bridgehead atoms. The predicted molar refractivity (Wildman–Crippen MR) is 104 cm³/mol. The number of hydrogen-bond acceptors (Lipinski definition) is 3. The van der Waals surface area contributed by atoms with Gasteiger partial charge in [-0.15, -0.1) is 0 Å². The average molecular weight is 368 g/mol. The van der Waals surface area contributed by atoms with Crippen LogP contribution in [0.3, 0.4) is 0 Å². The number of carbonyl (C=O) groups is 3. The summed E-state index contributed by atoms with van der Waals surface area (Å²) in [6.45, 7) is 2.30. The first-order chi connectivity index (χ1) is 13.0. The van der Waals surface area contributed by atoms with Gasteiger partial charge in [0.15, 0.2) is 0 Å². The maximum Gasteiger partial charge on any atom is 0.269 e. The summed E-state index contributed by atoms with van der Waals surface area (Å²) in [6.07, 6.45) is 4.69. The van der Waals surface area contributed by atoms with E-state index in [4.69, 9.17) is 0 Å².